The molecule has 0 saturated carbocycles. The van der Waals surface area contributed by atoms with E-state index in [0.29, 0.717) is 13.1 Å². The zero-order valence-electron chi connectivity index (χ0n) is 14.1. The molecule has 4 nitrogen and oxygen atoms in total. The summed E-state index contributed by atoms with van der Waals surface area (Å²) in [6, 6.07) is 13.9. The summed E-state index contributed by atoms with van der Waals surface area (Å²) in [5.41, 5.74) is 3.47. The van der Waals surface area contributed by atoms with Crippen molar-refractivity contribution in [2.75, 3.05) is 14.2 Å². The molecule has 2 aromatic carbocycles. The predicted molar refractivity (Wildman–Crippen MR) is 112 cm³/mol. The number of ether oxygens (including phenoxy) is 1. The van der Waals surface area contributed by atoms with E-state index in [2.05, 4.69) is 28.6 Å². The van der Waals surface area contributed by atoms with Gasteiger partial charge in [0, 0.05) is 25.2 Å². The molecular formula is C18H23ClIN3O. The van der Waals surface area contributed by atoms with Crippen LogP contribution in [0.15, 0.2) is 47.5 Å². The first-order chi connectivity index (χ1) is 11.1. The third-order valence-corrected chi connectivity index (χ3v) is 3.66. The van der Waals surface area contributed by atoms with Gasteiger partial charge in [0.1, 0.15) is 5.75 Å². The van der Waals surface area contributed by atoms with Crippen LogP contribution < -0.4 is 15.4 Å². The van der Waals surface area contributed by atoms with Gasteiger partial charge >= 0.3 is 0 Å². The summed E-state index contributed by atoms with van der Waals surface area (Å²) in [6.07, 6.45) is 0. The van der Waals surface area contributed by atoms with Gasteiger partial charge in [-0.3, -0.25) is 4.99 Å². The molecule has 0 bridgehead atoms. The van der Waals surface area contributed by atoms with Crippen molar-refractivity contribution in [1.29, 1.82) is 0 Å². The molecule has 6 heteroatoms. The van der Waals surface area contributed by atoms with Crippen LogP contribution in [0.3, 0.4) is 0 Å². The molecule has 0 aliphatic heterocycles. The number of aliphatic imine (C=N–C) groups is 1. The van der Waals surface area contributed by atoms with E-state index in [9.17, 15) is 0 Å². The molecule has 24 heavy (non-hydrogen) atoms. The molecule has 0 atom stereocenters. The highest BCUT2D eigenvalue weighted by Crippen LogP contribution is 2.16. The zero-order valence-corrected chi connectivity index (χ0v) is 17.2. The average Bonchev–Trinajstić information content (AvgIpc) is 2.56. The van der Waals surface area contributed by atoms with Crippen molar-refractivity contribution in [3.8, 4) is 5.75 Å². The second kappa shape index (κ2) is 10.4. The molecule has 0 radical (unpaired) electrons. The number of nitrogens with one attached hydrogen (secondary N) is 2. The fourth-order valence-corrected chi connectivity index (χ4v) is 2.36. The van der Waals surface area contributed by atoms with Crippen molar-refractivity contribution in [3.63, 3.8) is 0 Å². The van der Waals surface area contributed by atoms with Crippen molar-refractivity contribution in [1.82, 2.24) is 10.6 Å². The van der Waals surface area contributed by atoms with Crippen LogP contribution in [0.1, 0.15) is 16.7 Å². The Morgan fingerprint density at radius 2 is 1.67 bits per heavy atom. The lowest BCUT2D eigenvalue weighted by Crippen LogP contribution is -2.36. The van der Waals surface area contributed by atoms with Crippen molar-refractivity contribution < 1.29 is 4.74 Å². The molecule has 0 amide bonds. The van der Waals surface area contributed by atoms with Crippen LogP contribution in [0.25, 0.3) is 0 Å². The molecule has 0 aliphatic carbocycles. The van der Waals surface area contributed by atoms with Crippen LogP contribution in [0.5, 0.6) is 5.75 Å². The van der Waals surface area contributed by atoms with Gasteiger partial charge in [-0.2, -0.15) is 0 Å². The second-order valence-electron chi connectivity index (χ2n) is 5.26. The smallest absolute Gasteiger partial charge is 0.191 e. The Morgan fingerprint density at radius 3 is 2.25 bits per heavy atom. The number of aryl methyl sites for hydroxylation is 1. The van der Waals surface area contributed by atoms with Crippen molar-refractivity contribution in [2.24, 2.45) is 4.99 Å². The highest BCUT2D eigenvalue weighted by Gasteiger charge is 2.02. The standard InChI is InChI=1S/C18H22ClN3O.HI/c1-13-8-15(10-17(9-13)23-3)12-22-18(20-2)21-11-14-4-6-16(19)7-5-14;/h4-10H,11-12H2,1-3H3,(H2,20,21,22);1H. The van der Waals surface area contributed by atoms with Crippen LogP contribution in [-0.4, -0.2) is 20.1 Å². The first-order valence-corrected chi connectivity index (χ1v) is 7.82. The summed E-state index contributed by atoms with van der Waals surface area (Å²) in [5, 5.41) is 7.33. The van der Waals surface area contributed by atoms with Gasteiger partial charge in [0.2, 0.25) is 0 Å². The highest BCUT2D eigenvalue weighted by atomic mass is 127. The molecule has 0 aromatic heterocycles. The van der Waals surface area contributed by atoms with Crippen LogP contribution in [0.2, 0.25) is 5.02 Å². The number of nitrogens with zero attached hydrogens (tertiary/aromatic N) is 1. The third-order valence-electron chi connectivity index (χ3n) is 3.40. The van der Waals surface area contributed by atoms with Crippen molar-refractivity contribution in [3.05, 3.63) is 64.2 Å². The summed E-state index contributed by atoms with van der Waals surface area (Å²) in [6.45, 7) is 3.42. The number of halogens is 2. The quantitative estimate of drug-likeness (QED) is 0.401. The first-order valence-electron chi connectivity index (χ1n) is 7.44. The Bertz CT molecular complexity index is 674. The lowest BCUT2D eigenvalue weighted by atomic mass is 10.1. The Labute approximate surface area is 165 Å². The number of guanidine groups is 1. The summed E-state index contributed by atoms with van der Waals surface area (Å²) in [4.78, 5) is 4.24. The average molecular weight is 460 g/mol. The maximum Gasteiger partial charge on any atom is 0.191 e. The van der Waals surface area contributed by atoms with E-state index in [4.69, 9.17) is 16.3 Å². The maximum absolute atomic E-state index is 5.89. The van der Waals surface area contributed by atoms with Crippen LogP contribution >= 0.6 is 35.6 Å². The Balaban J connectivity index is 0.00000288. The minimum atomic E-state index is 0. The predicted octanol–water partition coefficient (Wildman–Crippen LogP) is 4.14. The van der Waals surface area contributed by atoms with E-state index in [1.807, 2.05) is 36.4 Å². The maximum atomic E-state index is 5.89. The number of methoxy groups -OCH3 is 1. The minimum absolute atomic E-state index is 0. The van der Waals surface area contributed by atoms with Crippen molar-refractivity contribution >= 4 is 41.5 Å². The Kier molecular flexibility index (Phi) is 8.92. The van der Waals surface area contributed by atoms with Crippen molar-refractivity contribution in [2.45, 2.75) is 20.0 Å². The monoisotopic (exact) mass is 459 g/mol. The number of benzene rings is 2. The lowest BCUT2D eigenvalue weighted by molar-refractivity contribution is 0.414. The van der Waals surface area contributed by atoms with Crippen LogP contribution in [0.4, 0.5) is 0 Å². The molecule has 0 spiro atoms. The topological polar surface area (TPSA) is 45.7 Å². The molecule has 0 fully saturated rings. The summed E-state index contributed by atoms with van der Waals surface area (Å²) in [5.74, 6) is 1.62. The summed E-state index contributed by atoms with van der Waals surface area (Å²) < 4.78 is 5.30. The van der Waals surface area contributed by atoms with Gasteiger partial charge in [-0.25, -0.2) is 0 Å². The normalized spacial score (nSPS) is 10.8. The van der Waals surface area contributed by atoms with Crippen LogP contribution in [-0.2, 0) is 13.1 Å². The lowest BCUT2D eigenvalue weighted by Gasteiger charge is -2.13. The summed E-state index contributed by atoms with van der Waals surface area (Å²) in [7, 11) is 3.44. The molecule has 2 N–H and O–H groups in total. The van der Waals surface area contributed by atoms with Gasteiger partial charge < -0.3 is 15.4 Å². The molecule has 0 saturated heterocycles. The molecule has 0 unspecified atom stereocenters. The van der Waals surface area contributed by atoms with E-state index >= 15 is 0 Å². The van der Waals surface area contributed by atoms with E-state index in [1.165, 1.54) is 5.56 Å². The molecule has 2 aromatic rings. The Morgan fingerprint density at radius 1 is 1.04 bits per heavy atom. The number of hydrogen-bond donors (Lipinski definition) is 2. The van der Waals surface area contributed by atoms with Gasteiger partial charge in [0.05, 0.1) is 7.11 Å². The van der Waals surface area contributed by atoms with Gasteiger partial charge in [-0.05, 0) is 47.9 Å². The molecule has 0 heterocycles. The highest BCUT2D eigenvalue weighted by molar-refractivity contribution is 14.0. The molecule has 2 rings (SSSR count). The molecular weight excluding hydrogens is 437 g/mol. The van der Waals surface area contributed by atoms with E-state index in [-0.39, 0.29) is 24.0 Å². The van der Waals surface area contributed by atoms with Gasteiger partial charge in [-0.1, -0.05) is 29.8 Å². The molecule has 130 valence electrons. The fourth-order valence-electron chi connectivity index (χ4n) is 2.24. The number of hydrogen-bond acceptors (Lipinski definition) is 2. The zero-order chi connectivity index (χ0) is 16.7. The largest absolute Gasteiger partial charge is 0.497 e. The second-order valence-corrected chi connectivity index (χ2v) is 5.70. The van der Waals surface area contributed by atoms with E-state index in [0.717, 1.165) is 27.9 Å². The third kappa shape index (κ3) is 6.57. The Hall–Kier alpha value is -1.47. The minimum Gasteiger partial charge on any atom is -0.497 e. The number of rotatable bonds is 5. The van der Waals surface area contributed by atoms with Gasteiger partial charge in [0.25, 0.3) is 0 Å². The SMILES string of the molecule is CN=C(NCc1ccc(Cl)cc1)NCc1cc(C)cc(OC)c1.I. The van der Waals surface area contributed by atoms with Gasteiger partial charge in [-0.15, -0.1) is 24.0 Å². The van der Waals surface area contributed by atoms with Gasteiger partial charge in [0.15, 0.2) is 5.96 Å². The molecule has 0 aliphatic rings. The summed E-state index contributed by atoms with van der Waals surface area (Å²) >= 11 is 5.89. The van der Waals surface area contributed by atoms with E-state index in [1.54, 1.807) is 14.2 Å². The fraction of sp³-hybridized carbons (Fsp3) is 0.278. The van der Waals surface area contributed by atoms with E-state index < -0.39 is 0 Å². The first kappa shape index (κ1) is 20.6. The van der Waals surface area contributed by atoms with Crippen LogP contribution in [0, 0.1) is 6.92 Å².